The molecule has 192 valence electrons. The van der Waals surface area contributed by atoms with Crippen LogP contribution in [0.1, 0.15) is 106 Å². The van der Waals surface area contributed by atoms with Gasteiger partial charge in [0.25, 0.3) is 0 Å². The minimum atomic E-state index is -0.310. The van der Waals surface area contributed by atoms with Crippen molar-refractivity contribution in [3.05, 3.63) is 12.2 Å². The molecule has 3 unspecified atom stereocenters. The summed E-state index contributed by atoms with van der Waals surface area (Å²) in [6.45, 7) is 19.5. The third kappa shape index (κ3) is 3.04. The van der Waals surface area contributed by atoms with Gasteiger partial charge in [0.2, 0.25) is 5.24 Å². The van der Waals surface area contributed by atoms with Crippen LogP contribution < -0.4 is 0 Å². The van der Waals surface area contributed by atoms with E-state index in [-0.39, 0.29) is 21.5 Å². The van der Waals surface area contributed by atoms with Crippen LogP contribution in [0.5, 0.6) is 0 Å². The summed E-state index contributed by atoms with van der Waals surface area (Å²) in [5.41, 5.74) is 2.11. The number of rotatable bonds is 3. The van der Waals surface area contributed by atoms with Gasteiger partial charge in [0, 0.05) is 14.9 Å². The van der Waals surface area contributed by atoms with Crippen LogP contribution in [0.3, 0.4) is 0 Å². The maximum Gasteiger partial charge on any atom is 0.228 e. The van der Waals surface area contributed by atoms with E-state index < -0.39 is 0 Å². The third-order valence-corrected chi connectivity index (χ3v) is 14.3. The van der Waals surface area contributed by atoms with Gasteiger partial charge in [-0.3, -0.25) is 4.79 Å². The Morgan fingerprint density at radius 2 is 1.59 bits per heavy atom. The molecule has 0 aliphatic heterocycles. The Morgan fingerprint density at radius 1 is 0.882 bits per heavy atom. The second kappa shape index (κ2) is 8.04. The van der Waals surface area contributed by atoms with Crippen LogP contribution in [0.2, 0.25) is 0 Å². The van der Waals surface area contributed by atoms with Crippen molar-refractivity contribution in [3.63, 3.8) is 0 Å². The van der Waals surface area contributed by atoms with Crippen molar-refractivity contribution in [2.24, 2.45) is 56.7 Å². The smallest absolute Gasteiger partial charge is 0.228 e. The third-order valence-electron chi connectivity index (χ3n) is 13.6. The molecule has 5 aliphatic carbocycles. The molecule has 0 radical (unpaired) electrons. The predicted molar refractivity (Wildman–Crippen MR) is 144 cm³/mol. The molecule has 5 aliphatic rings. The summed E-state index contributed by atoms with van der Waals surface area (Å²) >= 11 is 6.46. The largest absolute Gasteiger partial charge is 0.362 e. The van der Waals surface area contributed by atoms with Gasteiger partial charge in [-0.2, -0.15) is 0 Å². The molecule has 0 N–H and O–H groups in total. The van der Waals surface area contributed by atoms with Crippen molar-refractivity contribution in [1.82, 2.24) is 0 Å². The van der Waals surface area contributed by atoms with Gasteiger partial charge >= 0.3 is 0 Å². The van der Waals surface area contributed by atoms with E-state index in [1.807, 2.05) is 0 Å². The molecular weight excluding hydrogens is 459 g/mol. The van der Waals surface area contributed by atoms with Crippen molar-refractivity contribution in [2.75, 3.05) is 0 Å². The molecule has 5 fully saturated rings. The number of carbonyl (C=O) groups is 1. The molecule has 5 saturated carbocycles. The first-order chi connectivity index (χ1) is 15.8. The van der Waals surface area contributed by atoms with E-state index in [1.165, 1.54) is 44.1 Å². The van der Waals surface area contributed by atoms with E-state index in [0.29, 0.717) is 40.6 Å². The Hall–Kier alpha value is 0.0900. The Bertz CT molecular complexity index is 885. The molecule has 0 heterocycles. The quantitative estimate of drug-likeness (QED) is 0.217. The van der Waals surface area contributed by atoms with Crippen LogP contribution in [0.15, 0.2) is 12.2 Å². The molecule has 0 aromatic heterocycles. The first-order valence-corrected chi connectivity index (χ1v) is 14.9. The van der Waals surface area contributed by atoms with Gasteiger partial charge in [0.1, 0.15) is 0 Å². The van der Waals surface area contributed by atoms with Crippen molar-refractivity contribution in [1.29, 1.82) is 0 Å². The fraction of sp³-hybridized carbons (Fsp3) is 0.900. The highest BCUT2D eigenvalue weighted by Gasteiger charge is 2.71. The highest BCUT2D eigenvalue weighted by Crippen LogP contribution is 2.77. The number of fused-ring (bicyclic) bond motifs is 7. The first-order valence-electron chi connectivity index (χ1n) is 14.0. The number of allylic oxidation sites excluding steroid dienone is 1. The van der Waals surface area contributed by atoms with E-state index in [1.54, 1.807) is 0 Å². The second-order valence-corrected chi connectivity index (χ2v) is 15.2. The predicted octanol–water partition coefficient (Wildman–Crippen LogP) is 8.58. The molecule has 0 saturated heterocycles. The van der Waals surface area contributed by atoms with Crippen LogP contribution in [0, 0.1) is 56.7 Å². The lowest BCUT2D eigenvalue weighted by Gasteiger charge is -2.72. The van der Waals surface area contributed by atoms with Crippen LogP contribution in [-0.2, 0) is 9.32 Å². The summed E-state index contributed by atoms with van der Waals surface area (Å²) in [7, 11) is 2.56. The standard InChI is InChI=1S/C30H48ClO2P/c1-18(2)19-10-15-30(25(31)32)17-16-28(6)20(24(19)30)8-9-22-27(5)13-12-23(33-34)26(3,4)21(27)11-14-29(22,28)7/h19-24H,1,8-17,34H2,2-7H3/t19?,20-,21+,22-,23+,24?,27+,28-,29-,30+/m1/s1. The zero-order chi connectivity index (χ0) is 24.9. The van der Waals surface area contributed by atoms with Crippen molar-refractivity contribution < 1.29 is 9.32 Å². The highest BCUT2D eigenvalue weighted by atomic mass is 35.5. The molecule has 0 amide bonds. The Labute approximate surface area is 216 Å². The zero-order valence-electron chi connectivity index (χ0n) is 22.5. The molecule has 4 heteroatoms. The lowest BCUT2D eigenvalue weighted by molar-refractivity contribution is -0.243. The molecule has 0 aromatic rings. The maximum absolute atomic E-state index is 13.0. The van der Waals surface area contributed by atoms with E-state index in [0.717, 1.165) is 31.6 Å². The van der Waals surface area contributed by atoms with Gasteiger partial charge in [-0.15, -0.1) is 0 Å². The molecule has 0 aromatic carbocycles. The summed E-state index contributed by atoms with van der Waals surface area (Å²) < 4.78 is 5.95. The summed E-state index contributed by atoms with van der Waals surface area (Å²) in [4.78, 5) is 13.0. The van der Waals surface area contributed by atoms with Gasteiger partial charge in [0.15, 0.2) is 0 Å². The Balaban J connectivity index is 1.55. The van der Waals surface area contributed by atoms with E-state index in [2.05, 4.69) is 57.6 Å². The van der Waals surface area contributed by atoms with Crippen LogP contribution in [0.25, 0.3) is 0 Å². The van der Waals surface area contributed by atoms with Crippen molar-refractivity contribution in [3.8, 4) is 0 Å². The van der Waals surface area contributed by atoms with Crippen LogP contribution in [0.4, 0.5) is 0 Å². The number of hydrogen-bond donors (Lipinski definition) is 0. The first kappa shape index (κ1) is 25.7. The normalized spacial score (nSPS) is 53.8. The number of carbonyl (C=O) groups excluding carboxylic acids is 1. The topological polar surface area (TPSA) is 26.3 Å². The molecule has 2 nitrogen and oxygen atoms in total. The highest BCUT2D eigenvalue weighted by molar-refractivity contribution is 7.09. The van der Waals surface area contributed by atoms with Crippen molar-refractivity contribution >= 4 is 26.3 Å². The maximum atomic E-state index is 13.0. The molecule has 11 atom stereocenters. The summed E-state index contributed by atoms with van der Waals surface area (Å²) in [5.74, 6) is 2.87. The van der Waals surface area contributed by atoms with E-state index >= 15 is 0 Å². The molecule has 0 spiro atoms. The van der Waals surface area contributed by atoms with Gasteiger partial charge in [0.05, 0.1) is 6.10 Å². The average Bonchev–Trinajstić information content (AvgIpc) is 3.15. The molecular formula is C30H48ClO2P. The lowest BCUT2D eigenvalue weighted by atomic mass is 9.32. The van der Waals surface area contributed by atoms with Gasteiger partial charge in [-0.1, -0.05) is 46.8 Å². The van der Waals surface area contributed by atoms with E-state index in [4.69, 9.17) is 16.1 Å². The molecule has 34 heavy (non-hydrogen) atoms. The zero-order valence-corrected chi connectivity index (χ0v) is 24.4. The Kier molecular flexibility index (Phi) is 6.09. The number of halogens is 1. The average molecular weight is 507 g/mol. The lowest BCUT2D eigenvalue weighted by Crippen LogP contribution is -2.67. The summed E-state index contributed by atoms with van der Waals surface area (Å²) in [6.07, 6.45) is 12.2. The van der Waals surface area contributed by atoms with Crippen LogP contribution >= 0.6 is 21.1 Å². The molecule has 0 bridgehead atoms. The van der Waals surface area contributed by atoms with Crippen molar-refractivity contribution in [2.45, 2.75) is 112 Å². The fourth-order valence-corrected chi connectivity index (χ4v) is 12.5. The minimum Gasteiger partial charge on any atom is -0.362 e. The van der Waals surface area contributed by atoms with Gasteiger partial charge in [-0.05, 0) is 134 Å². The Morgan fingerprint density at radius 3 is 2.21 bits per heavy atom. The van der Waals surface area contributed by atoms with Crippen LogP contribution in [-0.4, -0.2) is 11.3 Å². The second-order valence-electron chi connectivity index (χ2n) is 14.6. The number of hydrogen-bond acceptors (Lipinski definition) is 2. The molecule has 5 rings (SSSR count). The fourth-order valence-electron chi connectivity index (χ4n) is 11.7. The monoisotopic (exact) mass is 506 g/mol. The summed E-state index contributed by atoms with van der Waals surface area (Å²) in [6, 6.07) is 0. The van der Waals surface area contributed by atoms with Gasteiger partial charge in [-0.25, -0.2) is 0 Å². The summed E-state index contributed by atoms with van der Waals surface area (Å²) in [5, 5.41) is -0.0521. The van der Waals surface area contributed by atoms with Gasteiger partial charge < -0.3 is 4.52 Å². The SMILES string of the molecule is C=C(C)C1CC[C@]2(C(=O)Cl)CC[C@]3(C)[C@H](CC[C@@H]4[C@@]5(C)CC[C@H](OP)C(C)(C)[C@@H]5CC[C@]43C)C12. The van der Waals surface area contributed by atoms with E-state index in [9.17, 15) is 4.79 Å². The minimum absolute atomic E-state index is 0.0521.